The van der Waals surface area contributed by atoms with Crippen LogP contribution in [0.2, 0.25) is 0 Å². The second-order valence-corrected chi connectivity index (χ2v) is 5.89. The van der Waals surface area contributed by atoms with Crippen molar-refractivity contribution in [1.29, 1.82) is 0 Å². The third-order valence-corrected chi connectivity index (χ3v) is 4.52. The maximum Gasteiger partial charge on any atom is 0.289 e. The summed E-state index contributed by atoms with van der Waals surface area (Å²) in [6.45, 7) is 2.24. The van der Waals surface area contributed by atoms with Crippen molar-refractivity contribution in [3.8, 4) is 0 Å². The Labute approximate surface area is 119 Å². The van der Waals surface area contributed by atoms with Crippen LogP contribution in [0, 0.1) is 5.92 Å². The molecule has 1 heterocycles. The van der Waals surface area contributed by atoms with E-state index in [0.717, 1.165) is 17.4 Å². The van der Waals surface area contributed by atoms with E-state index in [2.05, 4.69) is 6.92 Å². The molecule has 1 aromatic carbocycles. The molecule has 3 heteroatoms. The lowest BCUT2D eigenvalue weighted by Crippen LogP contribution is -2.42. The molecule has 3 rings (SSSR count). The Hall–Kier alpha value is -1.77. The van der Waals surface area contributed by atoms with Gasteiger partial charge in [0.2, 0.25) is 0 Å². The standard InChI is InChI=1S/C17H21NO2/c1-12-7-3-5-9-14(12)18(2)17(19)16-11-13-8-4-6-10-15(13)20-16/h4,6,8,10-12,14H,3,5,7,9H2,1-2H3. The summed E-state index contributed by atoms with van der Waals surface area (Å²) in [4.78, 5) is 14.5. The van der Waals surface area contributed by atoms with Gasteiger partial charge in [0.1, 0.15) is 5.58 Å². The fourth-order valence-corrected chi connectivity index (χ4v) is 3.28. The Morgan fingerprint density at radius 2 is 2.00 bits per heavy atom. The number of benzene rings is 1. The summed E-state index contributed by atoms with van der Waals surface area (Å²) in [7, 11) is 1.90. The predicted octanol–water partition coefficient (Wildman–Crippen LogP) is 4.08. The minimum Gasteiger partial charge on any atom is -0.451 e. The first-order valence-corrected chi connectivity index (χ1v) is 7.42. The lowest BCUT2D eigenvalue weighted by Gasteiger charge is -2.35. The first kappa shape index (κ1) is 13.2. The number of carbonyl (C=O) groups excluding carboxylic acids is 1. The maximum absolute atomic E-state index is 12.6. The van der Waals surface area contributed by atoms with Crippen molar-refractivity contribution in [2.24, 2.45) is 5.92 Å². The molecule has 1 aromatic heterocycles. The molecule has 0 bridgehead atoms. The number of furan rings is 1. The van der Waals surface area contributed by atoms with Crippen molar-refractivity contribution < 1.29 is 9.21 Å². The van der Waals surface area contributed by atoms with Crippen molar-refractivity contribution in [3.05, 3.63) is 36.1 Å². The number of hydrogen-bond donors (Lipinski definition) is 0. The highest BCUT2D eigenvalue weighted by Gasteiger charge is 2.29. The van der Waals surface area contributed by atoms with Crippen LogP contribution in [0.25, 0.3) is 11.0 Å². The van der Waals surface area contributed by atoms with Crippen LogP contribution in [0.1, 0.15) is 43.2 Å². The van der Waals surface area contributed by atoms with Crippen LogP contribution in [0.15, 0.2) is 34.7 Å². The minimum atomic E-state index is -0.0000463. The quantitative estimate of drug-likeness (QED) is 0.824. The molecule has 2 atom stereocenters. The predicted molar refractivity (Wildman–Crippen MR) is 79.7 cm³/mol. The van der Waals surface area contributed by atoms with E-state index in [1.54, 1.807) is 0 Å². The van der Waals surface area contributed by atoms with Gasteiger partial charge in [-0.25, -0.2) is 0 Å². The van der Waals surface area contributed by atoms with E-state index in [9.17, 15) is 4.79 Å². The first-order valence-electron chi connectivity index (χ1n) is 7.42. The van der Waals surface area contributed by atoms with Gasteiger partial charge < -0.3 is 9.32 Å². The highest BCUT2D eigenvalue weighted by Crippen LogP contribution is 2.29. The Morgan fingerprint density at radius 3 is 2.75 bits per heavy atom. The van der Waals surface area contributed by atoms with Crippen LogP contribution in [-0.2, 0) is 0 Å². The zero-order chi connectivity index (χ0) is 14.1. The molecule has 0 spiro atoms. The third-order valence-electron chi connectivity index (χ3n) is 4.52. The van der Waals surface area contributed by atoms with Crippen molar-refractivity contribution in [2.75, 3.05) is 7.05 Å². The molecular formula is C17H21NO2. The smallest absolute Gasteiger partial charge is 0.289 e. The summed E-state index contributed by atoms with van der Waals surface area (Å²) >= 11 is 0. The number of nitrogens with zero attached hydrogens (tertiary/aromatic N) is 1. The molecule has 3 nitrogen and oxygen atoms in total. The van der Waals surface area contributed by atoms with E-state index >= 15 is 0 Å². The average molecular weight is 271 g/mol. The maximum atomic E-state index is 12.6. The molecule has 2 unspecified atom stereocenters. The van der Waals surface area contributed by atoms with Crippen LogP contribution >= 0.6 is 0 Å². The molecule has 0 saturated heterocycles. The van der Waals surface area contributed by atoms with E-state index in [1.807, 2.05) is 42.3 Å². The Balaban J connectivity index is 1.83. The van der Waals surface area contributed by atoms with E-state index in [-0.39, 0.29) is 5.91 Å². The monoisotopic (exact) mass is 271 g/mol. The molecule has 1 aliphatic carbocycles. The van der Waals surface area contributed by atoms with Crippen LogP contribution < -0.4 is 0 Å². The largest absolute Gasteiger partial charge is 0.451 e. The van der Waals surface area contributed by atoms with E-state index < -0.39 is 0 Å². The van der Waals surface area contributed by atoms with Gasteiger partial charge in [0.25, 0.3) is 5.91 Å². The van der Waals surface area contributed by atoms with Gasteiger partial charge in [-0.05, 0) is 30.9 Å². The second kappa shape index (κ2) is 5.31. The number of amides is 1. The number of rotatable bonds is 2. The lowest BCUT2D eigenvalue weighted by molar-refractivity contribution is 0.0600. The molecule has 1 aliphatic rings. The fraction of sp³-hybridized carbons (Fsp3) is 0.471. The number of carbonyl (C=O) groups is 1. The van der Waals surface area contributed by atoms with Crippen molar-refractivity contribution in [1.82, 2.24) is 4.90 Å². The van der Waals surface area contributed by atoms with Gasteiger partial charge in [-0.3, -0.25) is 4.79 Å². The SMILES string of the molecule is CC1CCCCC1N(C)C(=O)c1cc2ccccc2o1. The highest BCUT2D eigenvalue weighted by atomic mass is 16.3. The van der Waals surface area contributed by atoms with Crippen molar-refractivity contribution >= 4 is 16.9 Å². The molecule has 2 aromatic rings. The normalized spacial score (nSPS) is 22.9. The van der Waals surface area contributed by atoms with Crippen LogP contribution in [0.5, 0.6) is 0 Å². The van der Waals surface area contributed by atoms with Crippen LogP contribution in [0.3, 0.4) is 0 Å². The van der Waals surface area contributed by atoms with E-state index in [1.165, 1.54) is 19.3 Å². The summed E-state index contributed by atoms with van der Waals surface area (Å²) < 4.78 is 5.69. The highest BCUT2D eigenvalue weighted by molar-refractivity contribution is 5.96. The molecule has 0 aliphatic heterocycles. The summed E-state index contributed by atoms with van der Waals surface area (Å²) in [5, 5.41) is 0.987. The number of para-hydroxylation sites is 1. The van der Waals surface area contributed by atoms with E-state index in [0.29, 0.717) is 17.7 Å². The average Bonchev–Trinajstić information content (AvgIpc) is 2.90. The van der Waals surface area contributed by atoms with Gasteiger partial charge in [-0.2, -0.15) is 0 Å². The number of fused-ring (bicyclic) bond motifs is 1. The van der Waals surface area contributed by atoms with Gasteiger partial charge in [0, 0.05) is 18.5 Å². The van der Waals surface area contributed by atoms with E-state index in [4.69, 9.17) is 4.42 Å². The van der Waals surface area contributed by atoms with Gasteiger partial charge in [-0.15, -0.1) is 0 Å². The lowest BCUT2D eigenvalue weighted by atomic mass is 9.85. The molecule has 106 valence electrons. The molecule has 0 N–H and O–H groups in total. The number of hydrogen-bond acceptors (Lipinski definition) is 2. The van der Waals surface area contributed by atoms with Gasteiger partial charge in [-0.1, -0.05) is 38.0 Å². The molecule has 1 fully saturated rings. The van der Waals surface area contributed by atoms with Crippen molar-refractivity contribution in [3.63, 3.8) is 0 Å². The fourth-order valence-electron chi connectivity index (χ4n) is 3.28. The Kier molecular flexibility index (Phi) is 3.51. The summed E-state index contributed by atoms with van der Waals surface area (Å²) in [5.41, 5.74) is 0.779. The molecule has 0 radical (unpaired) electrons. The minimum absolute atomic E-state index is 0.0000463. The zero-order valence-corrected chi connectivity index (χ0v) is 12.1. The molecule has 20 heavy (non-hydrogen) atoms. The van der Waals surface area contributed by atoms with Gasteiger partial charge in [0.05, 0.1) is 0 Å². The van der Waals surface area contributed by atoms with Crippen LogP contribution in [-0.4, -0.2) is 23.9 Å². The molecule has 1 amide bonds. The second-order valence-electron chi connectivity index (χ2n) is 5.89. The van der Waals surface area contributed by atoms with Gasteiger partial charge in [0.15, 0.2) is 5.76 Å². The Morgan fingerprint density at radius 1 is 1.25 bits per heavy atom. The summed E-state index contributed by atoms with van der Waals surface area (Å²) in [6.07, 6.45) is 4.81. The third kappa shape index (κ3) is 2.33. The first-order chi connectivity index (χ1) is 9.66. The topological polar surface area (TPSA) is 33.5 Å². The van der Waals surface area contributed by atoms with Gasteiger partial charge >= 0.3 is 0 Å². The molecule has 1 saturated carbocycles. The van der Waals surface area contributed by atoms with Crippen LogP contribution in [0.4, 0.5) is 0 Å². The summed E-state index contributed by atoms with van der Waals surface area (Å²) in [6, 6.07) is 9.94. The Bertz CT molecular complexity index is 583. The van der Waals surface area contributed by atoms with Crippen molar-refractivity contribution in [2.45, 2.75) is 38.6 Å². The zero-order valence-electron chi connectivity index (χ0n) is 12.1. The summed E-state index contributed by atoms with van der Waals surface area (Å²) in [5.74, 6) is 1.02. The molecular weight excluding hydrogens is 250 g/mol.